The predicted octanol–water partition coefficient (Wildman–Crippen LogP) is 4.00. The Morgan fingerprint density at radius 2 is 1.96 bits per heavy atom. The highest BCUT2D eigenvalue weighted by molar-refractivity contribution is 6.09. The van der Waals surface area contributed by atoms with Gasteiger partial charge in [0.15, 0.2) is 5.69 Å². The van der Waals surface area contributed by atoms with Gasteiger partial charge in [0.1, 0.15) is 0 Å². The molecule has 5 rings (SSSR count). The molecular formula is C20H16N6O. The molecule has 2 aromatic carbocycles. The third-order valence-electron chi connectivity index (χ3n) is 4.65. The van der Waals surface area contributed by atoms with Crippen molar-refractivity contribution in [1.82, 2.24) is 25.4 Å². The zero-order valence-corrected chi connectivity index (χ0v) is 14.5. The number of anilines is 1. The molecule has 0 saturated carbocycles. The molecule has 0 bridgehead atoms. The zero-order chi connectivity index (χ0) is 18.4. The van der Waals surface area contributed by atoms with Gasteiger partial charge in [-0.05, 0) is 48.4 Å². The highest BCUT2D eigenvalue weighted by Gasteiger charge is 2.15. The summed E-state index contributed by atoms with van der Waals surface area (Å²) in [6.07, 6.45) is 3.63. The Morgan fingerprint density at radius 1 is 1.04 bits per heavy atom. The monoisotopic (exact) mass is 356 g/mol. The Morgan fingerprint density at radius 3 is 2.81 bits per heavy atom. The fraction of sp³-hybridized carbons (Fsp3) is 0.0500. The number of rotatable bonds is 3. The number of hydrogen-bond acceptors (Lipinski definition) is 3. The van der Waals surface area contributed by atoms with E-state index in [0.29, 0.717) is 11.4 Å². The lowest BCUT2D eigenvalue weighted by Crippen LogP contribution is -2.12. The maximum atomic E-state index is 12.6. The Kier molecular flexibility index (Phi) is 3.33. The molecule has 5 aromatic rings. The van der Waals surface area contributed by atoms with E-state index in [1.165, 1.54) is 0 Å². The van der Waals surface area contributed by atoms with Crippen LogP contribution < -0.4 is 5.32 Å². The topological polar surface area (TPSA) is 102 Å². The van der Waals surface area contributed by atoms with Crippen LogP contribution in [0.3, 0.4) is 0 Å². The van der Waals surface area contributed by atoms with Gasteiger partial charge < -0.3 is 10.3 Å². The lowest BCUT2D eigenvalue weighted by molar-refractivity contribution is 0.102. The summed E-state index contributed by atoms with van der Waals surface area (Å²) >= 11 is 0. The quantitative estimate of drug-likeness (QED) is 0.393. The number of H-pyrrole nitrogens is 3. The standard InChI is InChI=1S/C20H16N6O/c1-11-7-19(26-24-11)20(27)23-17-8-12(9-18-15(17)10-22-25-18)13-3-2-4-16-14(13)5-6-21-16/h2-10,21H,1H3,(H,22,25)(H,23,27)(H,24,26). The van der Waals surface area contributed by atoms with Crippen LogP contribution in [0.15, 0.2) is 54.9 Å². The van der Waals surface area contributed by atoms with Crippen molar-refractivity contribution in [3.05, 3.63) is 66.2 Å². The normalized spacial score (nSPS) is 11.3. The fourth-order valence-electron chi connectivity index (χ4n) is 3.37. The number of nitrogens with zero attached hydrogens (tertiary/aromatic N) is 2. The van der Waals surface area contributed by atoms with Crippen LogP contribution in [0, 0.1) is 6.92 Å². The van der Waals surface area contributed by atoms with Crippen LogP contribution in [-0.4, -0.2) is 31.3 Å². The first-order valence-electron chi connectivity index (χ1n) is 8.56. The van der Waals surface area contributed by atoms with Crippen LogP contribution in [0.2, 0.25) is 0 Å². The molecule has 7 nitrogen and oxygen atoms in total. The molecule has 27 heavy (non-hydrogen) atoms. The molecule has 1 amide bonds. The number of hydrogen-bond donors (Lipinski definition) is 4. The van der Waals surface area contributed by atoms with E-state index in [-0.39, 0.29) is 5.91 Å². The van der Waals surface area contributed by atoms with E-state index < -0.39 is 0 Å². The van der Waals surface area contributed by atoms with Crippen molar-refractivity contribution in [1.29, 1.82) is 0 Å². The van der Waals surface area contributed by atoms with E-state index in [2.05, 4.69) is 36.8 Å². The molecule has 0 aliphatic carbocycles. The largest absolute Gasteiger partial charge is 0.361 e. The van der Waals surface area contributed by atoms with Crippen LogP contribution in [0.25, 0.3) is 32.9 Å². The first kappa shape index (κ1) is 15.4. The number of aromatic nitrogens is 5. The average molecular weight is 356 g/mol. The van der Waals surface area contributed by atoms with E-state index in [1.54, 1.807) is 12.3 Å². The summed E-state index contributed by atoms with van der Waals surface area (Å²) in [5, 5.41) is 18.9. The van der Waals surface area contributed by atoms with Crippen molar-refractivity contribution < 1.29 is 4.79 Å². The molecule has 0 spiro atoms. The first-order chi connectivity index (χ1) is 13.2. The highest BCUT2D eigenvalue weighted by Crippen LogP contribution is 2.34. The number of nitrogens with one attached hydrogen (secondary N) is 4. The first-order valence-corrected chi connectivity index (χ1v) is 8.56. The van der Waals surface area contributed by atoms with Crippen LogP contribution in [0.1, 0.15) is 16.2 Å². The number of carbonyl (C=O) groups excluding carboxylic acids is 1. The van der Waals surface area contributed by atoms with E-state index in [0.717, 1.165) is 38.6 Å². The van der Waals surface area contributed by atoms with Gasteiger partial charge >= 0.3 is 0 Å². The van der Waals surface area contributed by atoms with Crippen molar-refractivity contribution in [3.8, 4) is 11.1 Å². The summed E-state index contributed by atoms with van der Waals surface area (Å²) in [5.74, 6) is -0.265. The molecular weight excluding hydrogens is 340 g/mol. The summed E-state index contributed by atoms with van der Waals surface area (Å²) in [7, 11) is 0. The Bertz CT molecular complexity index is 1290. The SMILES string of the molecule is Cc1cc(C(=O)Nc2cc(-c3cccc4[nH]ccc34)cc3[nH]ncc23)n[nH]1. The average Bonchev–Trinajstić information content (AvgIpc) is 3.41. The third-order valence-corrected chi connectivity index (χ3v) is 4.65. The maximum Gasteiger partial charge on any atom is 0.276 e. The van der Waals surface area contributed by atoms with Crippen molar-refractivity contribution in [3.63, 3.8) is 0 Å². The number of benzene rings is 2. The number of carbonyl (C=O) groups is 1. The molecule has 0 fully saturated rings. The number of aryl methyl sites for hydroxylation is 1. The molecule has 132 valence electrons. The van der Waals surface area contributed by atoms with Crippen LogP contribution in [-0.2, 0) is 0 Å². The van der Waals surface area contributed by atoms with Crippen molar-refractivity contribution >= 4 is 33.4 Å². The van der Waals surface area contributed by atoms with Crippen LogP contribution in [0.5, 0.6) is 0 Å². The Balaban J connectivity index is 1.63. The Labute approximate surface area is 153 Å². The smallest absolute Gasteiger partial charge is 0.276 e. The van der Waals surface area contributed by atoms with Gasteiger partial charge in [0.05, 0.1) is 17.4 Å². The number of amides is 1. The lowest BCUT2D eigenvalue weighted by Gasteiger charge is -2.10. The third kappa shape index (κ3) is 2.56. The molecule has 3 aromatic heterocycles. The van der Waals surface area contributed by atoms with Crippen molar-refractivity contribution in [2.75, 3.05) is 5.32 Å². The predicted molar refractivity (Wildman–Crippen MR) is 105 cm³/mol. The zero-order valence-electron chi connectivity index (χ0n) is 14.5. The second-order valence-electron chi connectivity index (χ2n) is 6.49. The van der Waals surface area contributed by atoms with Gasteiger partial charge in [-0.2, -0.15) is 10.2 Å². The summed E-state index contributed by atoms with van der Waals surface area (Å²) in [6.45, 7) is 1.86. The number of fused-ring (bicyclic) bond motifs is 2. The highest BCUT2D eigenvalue weighted by atomic mass is 16.1. The van der Waals surface area contributed by atoms with Gasteiger partial charge in [0, 0.05) is 28.2 Å². The minimum absolute atomic E-state index is 0.265. The van der Waals surface area contributed by atoms with Crippen molar-refractivity contribution in [2.45, 2.75) is 6.92 Å². The summed E-state index contributed by atoms with van der Waals surface area (Å²) < 4.78 is 0. The minimum atomic E-state index is -0.265. The van der Waals surface area contributed by atoms with Gasteiger partial charge in [0.25, 0.3) is 5.91 Å². The molecule has 0 aliphatic rings. The van der Waals surface area contributed by atoms with Gasteiger partial charge in [0.2, 0.25) is 0 Å². The molecule has 0 aliphatic heterocycles. The van der Waals surface area contributed by atoms with E-state index in [9.17, 15) is 4.79 Å². The van der Waals surface area contributed by atoms with Crippen molar-refractivity contribution in [2.24, 2.45) is 0 Å². The van der Waals surface area contributed by atoms with Crippen LogP contribution in [0.4, 0.5) is 5.69 Å². The summed E-state index contributed by atoms with van der Waals surface area (Å²) in [5.41, 5.74) is 5.86. The second-order valence-corrected chi connectivity index (χ2v) is 6.49. The van der Waals surface area contributed by atoms with Gasteiger partial charge in [-0.25, -0.2) is 0 Å². The van der Waals surface area contributed by atoms with E-state index in [1.807, 2.05) is 43.5 Å². The van der Waals surface area contributed by atoms with E-state index in [4.69, 9.17) is 0 Å². The van der Waals surface area contributed by atoms with Gasteiger partial charge in [-0.3, -0.25) is 15.0 Å². The minimum Gasteiger partial charge on any atom is -0.361 e. The second kappa shape index (κ2) is 5.84. The fourth-order valence-corrected chi connectivity index (χ4v) is 3.37. The van der Waals surface area contributed by atoms with Gasteiger partial charge in [-0.1, -0.05) is 12.1 Å². The van der Waals surface area contributed by atoms with E-state index >= 15 is 0 Å². The Hall–Kier alpha value is -3.87. The molecule has 0 radical (unpaired) electrons. The molecule has 0 atom stereocenters. The van der Waals surface area contributed by atoms with Gasteiger partial charge in [-0.15, -0.1) is 0 Å². The molecule has 4 N–H and O–H groups in total. The molecule has 0 unspecified atom stereocenters. The lowest BCUT2D eigenvalue weighted by atomic mass is 9.99. The maximum absolute atomic E-state index is 12.6. The summed E-state index contributed by atoms with van der Waals surface area (Å²) in [4.78, 5) is 15.8. The molecule has 7 heteroatoms. The molecule has 0 saturated heterocycles. The molecule has 3 heterocycles. The number of aromatic amines is 3. The summed E-state index contributed by atoms with van der Waals surface area (Å²) in [6, 6.07) is 13.9. The van der Waals surface area contributed by atoms with Crippen LogP contribution >= 0.6 is 0 Å².